The summed E-state index contributed by atoms with van der Waals surface area (Å²) in [5, 5.41) is 20.8. The highest BCUT2D eigenvalue weighted by Gasteiger charge is 2.39. The third-order valence-corrected chi connectivity index (χ3v) is 19.1. The molecule has 0 unspecified atom stereocenters. The number of anilines is 2. The van der Waals surface area contributed by atoms with Crippen molar-refractivity contribution in [3.8, 4) is 16.2 Å². The Labute approximate surface area is 507 Å². The summed E-state index contributed by atoms with van der Waals surface area (Å²) in [5.41, 5.74) is 13.0. The van der Waals surface area contributed by atoms with E-state index in [4.69, 9.17) is 26.3 Å². The lowest BCUT2D eigenvalue weighted by atomic mass is 9.89. The number of pyridine rings is 1. The molecular weight excluding hydrogens is 1160 g/mol. The predicted molar refractivity (Wildman–Crippen MR) is 335 cm³/mol. The third-order valence-electron chi connectivity index (χ3n) is 15.8. The molecule has 3 aromatic carbocycles. The van der Waals surface area contributed by atoms with Crippen molar-refractivity contribution in [3.63, 3.8) is 0 Å². The van der Waals surface area contributed by atoms with Gasteiger partial charge in [-0.3, -0.25) is 34.5 Å². The van der Waals surface area contributed by atoms with Crippen LogP contribution < -0.4 is 31.8 Å². The van der Waals surface area contributed by atoms with Gasteiger partial charge in [0.25, 0.3) is 11.8 Å². The number of hydrogen-bond acceptors (Lipinski definition) is 19. The fraction of sp³-hybridized carbons (Fsp3) is 0.410. The molecule has 9 rings (SSSR count). The fourth-order valence-corrected chi connectivity index (χ4v) is 13.8. The number of aromatic nitrogens is 3. The molecule has 1 aliphatic carbocycles. The molecular formula is C61H72FN13O8S3. The van der Waals surface area contributed by atoms with Crippen LogP contribution in [0.25, 0.3) is 26.2 Å². The molecule has 3 atom stereocenters. The first-order valence-corrected chi connectivity index (χ1v) is 32.2. The van der Waals surface area contributed by atoms with Gasteiger partial charge in [-0.2, -0.15) is 0 Å². The Bertz CT molecular complexity index is 3710. The zero-order valence-corrected chi connectivity index (χ0v) is 51.2. The second-order valence-electron chi connectivity index (χ2n) is 22.1. The molecule has 86 heavy (non-hydrogen) atoms. The van der Waals surface area contributed by atoms with E-state index in [2.05, 4.69) is 35.4 Å². The van der Waals surface area contributed by atoms with Crippen LogP contribution in [0.15, 0.2) is 93.5 Å². The van der Waals surface area contributed by atoms with Gasteiger partial charge in [-0.15, -0.1) is 16.4 Å². The molecule has 0 bridgehead atoms. The number of rotatable bonds is 21. The molecule has 5 heterocycles. The molecule has 21 nitrogen and oxygen atoms in total. The molecule has 1 saturated carbocycles. The zero-order chi connectivity index (χ0) is 61.2. The van der Waals surface area contributed by atoms with Crippen molar-refractivity contribution in [2.45, 2.75) is 117 Å². The minimum absolute atomic E-state index is 0.130. The number of phenols is 1. The Morgan fingerprint density at radius 2 is 1.74 bits per heavy atom. The van der Waals surface area contributed by atoms with Crippen LogP contribution in [-0.2, 0) is 37.3 Å². The van der Waals surface area contributed by atoms with Gasteiger partial charge in [0.1, 0.15) is 23.6 Å². The Morgan fingerprint density at radius 3 is 2.48 bits per heavy atom. The number of aliphatic imine (C=N–C) groups is 2. The van der Waals surface area contributed by atoms with E-state index in [-0.39, 0.29) is 66.2 Å². The molecule has 6 aromatic rings. The number of nitrogens with one attached hydrogen (secondary N) is 3. The van der Waals surface area contributed by atoms with Gasteiger partial charge >= 0.3 is 0 Å². The number of fused-ring (bicyclic) bond motifs is 2. The summed E-state index contributed by atoms with van der Waals surface area (Å²) in [7, 11) is -4.35. The number of likely N-dealkylation sites (tertiary alicyclic amines) is 1. The van der Waals surface area contributed by atoms with Crippen LogP contribution in [-0.4, -0.2) is 119 Å². The van der Waals surface area contributed by atoms with Crippen LogP contribution in [0.5, 0.6) is 5.75 Å². The van der Waals surface area contributed by atoms with Gasteiger partial charge in [0.15, 0.2) is 16.7 Å². The van der Waals surface area contributed by atoms with E-state index < -0.39 is 63.2 Å². The second-order valence-corrected chi connectivity index (χ2v) is 25.8. The van der Waals surface area contributed by atoms with Gasteiger partial charge in [0.2, 0.25) is 27.7 Å². The maximum atomic E-state index is 15.5. The number of nitrogens with zero attached hydrogens (tertiary/aromatic N) is 8. The average Bonchev–Trinajstić information content (AvgIpc) is 4.51. The van der Waals surface area contributed by atoms with Gasteiger partial charge in [-0.05, 0) is 119 Å². The Morgan fingerprint density at radius 1 is 0.953 bits per heavy atom. The molecule has 25 heteroatoms. The molecule has 8 N–H and O–H groups in total. The van der Waals surface area contributed by atoms with E-state index in [1.165, 1.54) is 46.4 Å². The first-order valence-electron chi connectivity index (χ1n) is 28.8. The van der Waals surface area contributed by atoms with Crippen molar-refractivity contribution < 1.29 is 41.8 Å². The number of hydrazone groups is 1. The van der Waals surface area contributed by atoms with E-state index in [0.717, 1.165) is 47.0 Å². The van der Waals surface area contributed by atoms with Crippen molar-refractivity contribution in [3.05, 3.63) is 123 Å². The van der Waals surface area contributed by atoms with E-state index in [0.29, 0.717) is 76.6 Å². The fourth-order valence-electron chi connectivity index (χ4n) is 11.2. The molecule has 3 aliphatic rings. The van der Waals surface area contributed by atoms with Crippen molar-refractivity contribution >= 4 is 101 Å². The minimum atomic E-state index is -4.35. The lowest BCUT2D eigenvalue weighted by molar-refractivity contribution is -0.140. The number of para-hydroxylation sites is 1. The Balaban J connectivity index is 0.843. The van der Waals surface area contributed by atoms with Gasteiger partial charge in [-0.1, -0.05) is 74.8 Å². The van der Waals surface area contributed by atoms with E-state index in [1.807, 2.05) is 41.3 Å². The van der Waals surface area contributed by atoms with Crippen LogP contribution in [0.1, 0.15) is 134 Å². The quantitative estimate of drug-likeness (QED) is 0.0129. The average molecular weight is 1230 g/mol. The number of thiazole rings is 2. The summed E-state index contributed by atoms with van der Waals surface area (Å²) < 4.78 is 51.9. The second kappa shape index (κ2) is 27.9. The molecule has 2 fully saturated rings. The number of allylic oxidation sites excluding steroid dienone is 1. The van der Waals surface area contributed by atoms with Gasteiger partial charge in [0.05, 0.1) is 50.9 Å². The zero-order valence-electron chi connectivity index (χ0n) is 48.7. The monoisotopic (exact) mass is 1230 g/mol. The Kier molecular flexibility index (Phi) is 20.2. The summed E-state index contributed by atoms with van der Waals surface area (Å²) in [6, 6.07) is 17.1. The number of amides is 4. The molecule has 3 aromatic heterocycles. The number of sulfonamides is 1. The number of aromatic hydroxyl groups is 1. The van der Waals surface area contributed by atoms with E-state index in [1.54, 1.807) is 70.5 Å². The van der Waals surface area contributed by atoms with Crippen LogP contribution in [0.2, 0.25) is 0 Å². The maximum Gasteiger partial charge on any atom is 0.284 e. The van der Waals surface area contributed by atoms with Gasteiger partial charge in [0, 0.05) is 65.9 Å². The molecule has 2 aliphatic heterocycles. The third kappa shape index (κ3) is 14.6. The number of hydrogen-bond donors (Lipinski definition) is 6. The van der Waals surface area contributed by atoms with Crippen molar-refractivity contribution in [2.75, 3.05) is 42.2 Å². The number of carbonyl (C=O) groups excluding carboxylic acids is 4. The summed E-state index contributed by atoms with van der Waals surface area (Å²) in [6.45, 7) is 10.1. The van der Waals surface area contributed by atoms with Crippen molar-refractivity contribution in [1.82, 2.24) is 29.9 Å². The number of nitrogens with two attached hydrogens (primary N) is 2. The summed E-state index contributed by atoms with van der Waals surface area (Å²) in [4.78, 5) is 83.1. The molecule has 1 saturated heterocycles. The van der Waals surface area contributed by atoms with E-state index >= 15 is 4.39 Å². The van der Waals surface area contributed by atoms with Crippen LogP contribution in [0.4, 0.5) is 15.3 Å². The SMILES string of the molecule is CC(=NCC1CCCCC1)C(=CN)c1ccc(N2CCc3cccc(C(=O)Nc4nc5ccccc5s4)c3C2)nc1C(=O)NS(=O)(=O)CCCO/C(C=N[C@H](C(=O)N1CCC[C@H]1C(=O)N[C@@H](C)c1ccc(-c2scnc2C)c(F)c1O)C(C)C)=N/N. The first kappa shape index (κ1) is 62.4. The van der Waals surface area contributed by atoms with Crippen LogP contribution in [0, 0.1) is 24.6 Å². The largest absolute Gasteiger partial charge is 0.505 e. The standard InChI is InChI=1S/C61H72FN13O8S3/c1-35(2)53(60(80)75-26-12-19-48(75)58(78)68-37(4)41-21-22-44(52(62)55(41)76)56-38(5)67-34-84-56)66-32-51(72-64)83-28-13-29-86(81,82)73-59(79)54-42(45(30-63)36(3)65-31-39-14-7-6-8-15-39)23-24-50(70-54)74-27-25-40-16-11-17-43(46(40)33-74)57(77)71-61-69-47-18-9-10-20-49(47)85-61/h9-11,16-18,20-24,30,32,34-35,37,39,48,53,76H,6-8,12-15,19,25-29,31,33,63-64H2,1-5H3,(H,68,78)(H,73,79)(H,69,71,77)/b45-30?,65-36?,66-32?,72-51+/t37-,48-,53-/m0/s1. The number of benzene rings is 3. The number of phenolic OH excluding ortho intramolecular Hbond substituents is 1. The van der Waals surface area contributed by atoms with Crippen molar-refractivity contribution in [2.24, 2.45) is 38.5 Å². The summed E-state index contributed by atoms with van der Waals surface area (Å²) in [5.74, 6) is 1.70. The molecule has 4 amide bonds. The van der Waals surface area contributed by atoms with Gasteiger partial charge < -0.3 is 36.5 Å². The van der Waals surface area contributed by atoms with Crippen LogP contribution in [0.3, 0.4) is 0 Å². The number of carbonyl (C=O) groups is 4. The topological polar surface area (TPSA) is 302 Å². The van der Waals surface area contributed by atoms with Gasteiger partial charge in [-0.25, -0.2) is 32.5 Å². The Hall–Kier alpha value is -8.16. The summed E-state index contributed by atoms with van der Waals surface area (Å²) in [6.07, 6.45) is 9.46. The lowest BCUT2D eigenvalue weighted by Gasteiger charge is -2.31. The highest BCUT2D eigenvalue weighted by molar-refractivity contribution is 7.90. The lowest BCUT2D eigenvalue weighted by Crippen LogP contribution is -2.50. The van der Waals surface area contributed by atoms with E-state index in [9.17, 15) is 32.7 Å². The number of aryl methyl sites for hydroxylation is 1. The highest BCUT2D eigenvalue weighted by atomic mass is 32.2. The molecule has 0 spiro atoms. The maximum absolute atomic E-state index is 15.5. The first-order chi connectivity index (χ1) is 41.3. The smallest absolute Gasteiger partial charge is 0.284 e. The highest BCUT2D eigenvalue weighted by Crippen LogP contribution is 2.38. The number of halogens is 1. The predicted octanol–water partition coefficient (Wildman–Crippen LogP) is 8.83. The summed E-state index contributed by atoms with van der Waals surface area (Å²) >= 11 is 2.63. The molecule has 0 radical (unpaired) electrons. The normalized spacial score (nSPS) is 17.0. The number of ether oxygens (including phenoxy) is 1. The van der Waals surface area contributed by atoms with Crippen LogP contribution >= 0.6 is 22.7 Å². The van der Waals surface area contributed by atoms with Crippen molar-refractivity contribution in [1.29, 1.82) is 0 Å². The molecule has 454 valence electrons. The minimum Gasteiger partial charge on any atom is -0.505 e.